The maximum atomic E-state index is 13.1. The molecule has 1 fully saturated rings. The molecule has 4 rings (SSSR count). The minimum atomic E-state index is -0.347. The van der Waals surface area contributed by atoms with E-state index in [-0.39, 0.29) is 18.0 Å². The smallest absolute Gasteiger partial charge is 0.194 e. The number of carbonyl (C=O) groups is 1. The minimum Gasteiger partial charge on any atom is -0.356 e. The summed E-state index contributed by atoms with van der Waals surface area (Å²) in [5.74, 6) is 0.0968. The highest BCUT2D eigenvalue weighted by Crippen LogP contribution is 2.42. The van der Waals surface area contributed by atoms with Gasteiger partial charge in [-0.2, -0.15) is 0 Å². The Bertz CT molecular complexity index is 1040. The monoisotopic (exact) mass is 442 g/mol. The predicted octanol–water partition coefficient (Wildman–Crippen LogP) is 8.63. The molecule has 0 bridgehead atoms. The number of fused-ring (bicyclic) bond motifs is 1. The van der Waals surface area contributed by atoms with E-state index in [0.717, 1.165) is 22.8 Å². The van der Waals surface area contributed by atoms with Crippen LogP contribution < -0.4 is 0 Å². The summed E-state index contributed by atoms with van der Waals surface area (Å²) in [6.07, 6.45) is 14.1. The number of ether oxygens (including phenoxy) is 1. The fourth-order valence-corrected chi connectivity index (χ4v) is 4.90. The van der Waals surface area contributed by atoms with Gasteiger partial charge < -0.3 is 4.74 Å². The molecule has 0 amide bonds. The number of unbranched alkanes of at least 4 members (excludes halogenated alkanes) is 9. The number of rotatable bonds is 14. The van der Waals surface area contributed by atoms with E-state index in [1.54, 1.807) is 0 Å². The number of benzene rings is 3. The number of hydrogen-bond acceptors (Lipinski definition) is 2. The van der Waals surface area contributed by atoms with Gasteiger partial charge in [-0.1, -0.05) is 125 Å². The van der Waals surface area contributed by atoms with Crippen LogP contribution in [-0.4, -0.2) is 11.9 Å². The van der Waals surface area contributed by atoms with Crippen molar-refractivity contribution in [1.82, 2.24) is 0 Å². The van der Waals surface area contributed by atoms with Crippen LogP contribution in [0.25, 0.3) is 10.8 Å². The van der Waals surface area contributed by atoms with E-state index in [9.17, 15) is 4.79 Å². The molecule has 0 aromatic heterocycles. The summed E-state index contributed by atoms with van der Waals surface area (Å²) < 4.78 is 5.92. The predicted molar refractivity (Wildman–Crippen MR) is 138 cm³/mol. The number of carbonyl (C=O) groups excluding carboxylic acids is 1. The fraction of sp³-hybridized carbons (Fsp3) is 0.452. The first-order chi connectivity index (χ1) is 16.3. The first-order valence-electron chi connectivity index (χ1n) is 13.0. The van der Waals surface area contributed by atoms with Gasteiger partial charge in [-0.3, -0.25) is 4.79 Å². The molecule has 174 valence electrons. The molecular formula is C31H38O2. The van der Waals surface area contributed by atoms with Gasteiger partial charge in [0, 0.05) is 5.56 Å². The highest BCUT2D eigenvalue weighted by Gasteiger charge is 2.46. The van der Waals surface area contributed by atoms with E-state index in [2.05, 4.69) is 43.3 Å². The van der Waals surface area contributed by atoms with Gasteiger partial charge in [0.15, 0.2) is 11.9 Å². The number of epoxide rings is 1. The maximum Gasteiger partial charge on any atom is 0.194 e. The quantitative estimate of drug-likeness (QED) is 0.142. The molecule has 0 unspecified atom stereocenters. The van der Waals surface area contributed by atoms with Crippen LogP contribution >= 0.6 is 0 Å². The molecule has 0 N–H and O–H groups in total. The second-order valence-electron chi connectivity index (χ2n) is 9.53. The zero-order valence-corrected chi connectivity index (χ0v) is 20.1. The lowest BCUT2D eigenvalue weighted by atomic mass is 9.95. The Kier molecular flexibility index (Phi) is 8.72. The largest absolute Gasteiger partial charge is 0.356 e. The Morgan fingerprint density at radius 1 is 0.727 bits per heavy atom. The molecule has 1 saturated heterocycles. The average molecular weight is 443 g/mol. The first kappa shape index (κ1) is 23.7. The molecule has 2 heteroatoms. The van der Waals surface area contributed by atoms with E-state index in [1.807, 2.05) is 30.3 Å². The Balaban J connectivity index is 1.24. The topological polar surface area (TPSA) is 29.6 Å². The molecule has 0 aliphatic carbocycles. The highest BCUT2D eigenvalue weighted by atomic mass is 16.6. The lowest BCUT2D eigenvalue weighted by Gasteiger charge is -2.08. The van der Waals surface area contributed by atoms with Crippen molar-refractivity contribution in [3.63, 3.8) is 0 Å². The standard InChI is InChI=1S/C31H38O2/c1-2-3-4-5-6-7-8-9-10-11-17-25-18-14-15-20-28(25)30-31(33-30)29(32)27-22-21-24-16-12-13-19-26(24)23-27/h12-16,18-23,30-31H,2-11,17H2,1H3/t30-,31-/m0/s1. The second kappa shape index (κ2) is 12.1. The summed E-state index contributed by atoms with van der Waals surface area (Å²) in [5.41, 5.74) is 3.29. The van der Waals surface area contributed by atoms with Crippen LogP contribution in [-0.2, 0) is 11.2 Å². The summed E-state index contributed by atoms with van der Waals surface area (Å²) in [5, 5.41) is 2.26. The summed E-state index contributed by atoms with van der Waals surface area (Å²) in [6.45, 7) is 2.27. The van der Waals surface area contributed by atoms with E-state index < -0.39 is 0 Å². The SMILES string of the molecule is CCCCCCCCCCCCc1ccccc1[C@@H]1O[C@H]1C(=O)c1ccc2ccccc2c1. The molecule has 0 saturated carbocycles. The van der Waals surface area contributed by atoms with Crippen molar-refractivity contribution in [2.75, 3.05) is 0 Å². The van der Waals surface area contributed by atoms with Crippen LogP contribution in [0.1, 0.15) is 98.7 Å². The molecule has 0 radical (unpaired) electrons. The molecule has 33 heavy (non-hydrogen) atoms. The molecule has 3 aromatic rings. The van der Waals surface area contributed by atoms with Crippen molar-refractivity contribution in [3.05, 3.63) is 83.4 Å². The van der Waals surface area contributed by atoms with Crippen molar-refractivity contribution < 1.29 is 9.53 Å². The number of aryl methyl sites for hydroxylation is 1. The van der Waals surface area contributed by atoms with Gasteiger partial charge in [0.2, 0.25) is 0 Å². The van der Waals surface area contributed by atoms with Crippen molar-refractivity contribution in [3.8, 4) is 0 Å². The Morgan fingerprint density at radius 2 is 1.36 bits per heavy atom. The second-order valence-corrected chi connectivity index (χ2v) is 9.53. The normalized spacial score (nSPS) is 17.4. The summed E-state index contributed by atoms with van der Waals surface area (Å²) in [4.78, 5) is 13.1. The summed E-state index contributed by atoms with van der Waals surface area (Å²) >= 11 is 0. The van der Waals surface area contributed by atoms with E-state index >= 15 is 0 Å². The van der Waals surface area contributed by atoms with E-state index in [1.165, 1.54) is 75.3 Å². The molecular weight excluding hydrogens is 404 g/mol. The van der Waals surface area contributed by atoms with Gasteiger partial charge in [0.05, 0.1) is 0 Å². The third-order valence-electron chi connectivity index (χ3n) is 6.95. The molecule has 1 heterocycles. The Labute approximate surface area is 199 Å². The lowest BCUT2D eigenvalue weighted by Crippen LogP contribution is -2.08. The van der Waals surface area contributed by atoms with Crippen LogP contribution in [0.15, 0.2) is 66.7 Å². The van der Waals surface area contributed by atoms with Crippen molar-refractivity contribution >= 4 is 16.6 Å². The fourth-order valence-electron chi connectivity index (χ4n) is 4.90. The van der Waals surface area contributed by atoms with Crippen LogP contribution in [0.2, 0.25) is 0 Å². The van der Waals surface area contributed by atoms with Gasteiger partial charge in [-0.05, 0) is 40.8 Å². The molecule has 2 nitrogen and oxygen atoms in total. The van der Waals surface area contributed by atoms with Crippen molar-refractivity contribution in [1.29, 1.82) is 0 Å². The molecule has 1 aliphatic rings. The van der Waals surface area contributed by atoms with Crippen LogP contribution in [0, 0.1) is 0 Å². The van der Waals surface area contributed by atoms with Gasteiger partial charge in [0.25, 0.3) is 0 Å². The highest BCUT2D eigenvalue weighted by molar-refractivity contribution is 6.04. The third kappa shape index (κ3) is 6.54. The number of hydrogen-bond donors (Lipinski definition) is 0. The molecule has 1 aliphatic heterocycles. The molecule has 2 atom stereocenters. The van der Waals surface area contributed by atoms with E-state index in [0.29, 0.717) is 0 Å². The first-order valence-corrected chi connectivity index (χ1v) is 13.0. The number of ketones is 1. The summed E-state index contributed by atoms with van der Waals surface area (Å²) in [6, 6.07) is 22.6. The zero-order valence-electron chi connectivity index (χ0n) is 20.1. The van der Waals surface area contributed by atoms with Gasteiger partial charge in [-0.25, -0.2) is 0 Å². The third-order valence-corrected chi connectivity index (χ3v) is 6.95. The van der Waals surface area contributed by atoms with Gasteiger partial charge in [0.1, 0.15) is 6.10 Å². The number of Topliss-reactive ketones (excluding diaryl/α,β-unsaturated/α-hetero) is 1. The summed E-state index contributed by atoms with van der Waals surface area (Å²) in [7, 11) is 0. The molecule has 0 spiro atoms. The van der Waals surface area contributed by atoms with Gasteiger partial charge in [-0.15, -0.1) is 0 Å². The zero-order chi connectivity index (χ0) is 22.9. The van der Waals surface area contributed by atoms with Crippen molar-refractivity contribution in [2.45, 2.75) is 89.8 Å². The average Bonchev–Trinajstić information content (AvgIpc) is 3.65. The Morgan fingerprint density at radius 3 is 2.12 bits per heavy atom. The van der Waals surface area contributed by atoms with Gasteiger partial charge >= 0.3 is 0 Å². The van der Waals surface area contributed by atoms with Crippen molar-refractivity contribution in [2.24, 2.45) is 0 Å². The lowest BCUT2D eigenvalue weighted by molar-refractivity contribution is 0.0954. The molecule has 3 aromatic carbocycles. The van der Waals surface area contributed by atoms with Crippen LogP contribution in [0.4, 0.5) is 0 Å². The van der Waals surface area contributed by atoms with Crippen LogP contribution in [0.5, 0.6) is 0 Å². The van der Waals surface area contributed by atoms with E-state index in [4.69, 9.17) is 4.74 Å². The maximum absolute atomic E-state index is 13.1. The Hall–Kier alpha value is -2.45. The van der Waals surface area contributed by atoms with Crippen LogP contribution in [0.3, 0.4) is 0 Å². The minimum absolute atomic E-state index is 0.0942.